The van der Waals surface area contributed by atoms with E-state index >= 15 is 0 Å². The lowest BCUT2D eigenvalue weighted by molar-refractivity contribution is -0.146. The van der Waals surface area contributed by atoms with Crippen molar-refractivity contribution in [3.63, 3.8) is 0 Å². The van der Waals surface area contributed by atoms with Crippen LogP contribution in [0.3, 0.4) is 0 Å². The monoisotopic (exact) mass is 288 g/mol. The Kier molecular flexibility index (Phi) is 4.27. The van der Waals surface area contributed by atoms with Crippen molar-refractivity contribution in [3.05, 3.63) is 0 Å². The van der Waals surface area contributed by atoms with Crippen LogP contribution in [0.4, 0.5) is 0 Å². The van der Waals surface area contributed by atoms with E-state index in [2.05, 4.69) is 6.07 Å². The van der Waals surface area contributed by atoms with Gasteiger partial charge in [0.05, 0.1) is 22.7 Å². The van der Waals surface area contributed by atoms with Gasteiger partial charge in [-0.15, -0.1) is 0 Å². The number of aliphatic carboxylic acids is 1. The maximum atomic E-state index is 12.1. The van der Waals surface area contributed by atoms with Gasteiger partial charge >= 0.3 is 5.97 Å². The Labute approximate surface area is 114 Å². The smallest absolute Gasteiger partial charge is 0.310 e. The molecule has 0 saturated carbocycles. The van der Waals surface area contributed by atoms with E-state index in [0.717, 1.165) is 0 Å². The van der Waals surface area contributed by atoms with Crippen molar-refractivity contribution < 1.29 is 18.3 Å². The van der Waals surface area contributed by atoms with Gasteiger partial charge in [-0.05, 0) is 33.6 Å². The maximum absolute atomic E-state index is 12.1. The van der Waals surface area contributed by atoms with Gasteiger partial charge in [0.25, 0.3) is 0 Å². The second kappa shape index (κ2) is 5.10. The Balaban J connectivity index is 2.72. The second-order valence-electron chi connectivity index (χ2n) is 6.01. The van der Waals surface area contributed by atoms with Crippen LogP contribution in [0.15, 0.2) is 0 Å². The highest BCUT2D eigenvalue weighted by atomic mass is 32.2. The number of hydrogen-bond acceptors (Lipinski definition) is 4. The van der Waals surface area contributed by atoms with Crippen LogP contribution < -0.4 is 0 Å². The minimum Gasteiger partial charge on any atom is -0.481 e. The molecule has 1 heterocycles. The summed E-state index contributed by atoms with van der Waals surface area (Å²) in [6.45, 7) is 5.18. The molecule has 6 nitrogen and oxygen atoms in total. The molecule has 1 fully saturated rings. The molecule has 108 valence electrons. The summed E-state index contributed by atoms with van der Waals surface area (Å²) in [5, 5.41) is 18.0. The van der Waals surface area contributed by atoms with E-state index in [1.165, 1.54) is 4.31 Å². The summed E-state index contributed by atoms with van der Waals surface area (Å²) in [7, 11) is -3.49. The van der Waals surface area contributed by atoms with Crippen LogP contribution in [0.1, 0.15) is 33.6 Å². The number of nitrogens with zero attached hydrogens (tertiary/aromatic N) is 2. The van der Waals surface area contributed by atoms with Crippen molar-refractivity contribution in [3.8, 4) is 6.07 Å². The highest BCUT2D eigenvalue weighted by Gasteiger charge is 2.44. The molecule has 1 N–H and O–H groups in total. The Morgan fingerprint density at radius 3 is 2.53 bits per heavy atom. The molecule has 7 heteroatoms. The highest BCUT2D eigenvalue weighted by Crippen LogP contribution is 2.32. The zero-order valence-electron chi connectivity index (χ0n) is 11.5. The van der Waals surface area contributed by atoms with Gasteiger partial charge in [0, 0.05) is 13.1 Å². The molecule has 1 aliphatic rings. The first-order chi connectivity index (χ1) is 8.52. The Hall–Kier alpha value is -1.13. The van der Waals surface area contributed by atoms with E-state index < -0.39 is 26.8 Å². The quantitative estimate of drug-likeness (QED) is 0.815. The van der Waals surface area contributed by atoms with E-state index in [0.29, 0.717) is 6.42 Å². The molecule has 19 heavy (non-hydrogen) atoms. The Bertz CT molecular complexity index is 506. The van der Waals surface area contributed by atoms with Gasteiger partial charge in [-0.25, -0.2) is 12.7 Å². The van der Waals surface area contributed by atoms with Crippen molar-refractivity contribution >= 4 is 16.0 Å². The van der Waals surface area contributed by atoms with E-state index in [-0.39, 0.29) is 25.3 Å². The van der Waals surface area contributed by atoms with Crippen LogP contribution in [0.5, 0.6) is 0 Å². The number of carbonyl (C=O) groups is 1. The molecule has 1 saturated heterocycles. The minimum absolute atomic E-state index is 0.0116. The van der Waals surface area contributed by atoms with Crippen LogP contribution in [-0.2, 0) is 14.8 Å². The first-order valence-electron chi connectivity index (χ1n) is 6.15. The van der Waals surface area contributed by atoms with E-state index in [9.17, 15) is 13.2 Å². The molecule has 1 unspecified atom stereocenters. The molecule has 0 aliphatic carbocycles. The average molecular weight is 288 g/mol. The van der Waals surface area contributed by atoms with Crippen molar-refractivity contribution in [1.82, 2.24) is 4.31 Å². The molecule has 0 amide bonds. The molecular formula is C12H20N2O4S. The summed E-state index contributed by atoms with van der Waals surface area (Å²) in [5.41, 5.74) is -1.69. The fourth-order valence-corrected chi connectivity index (χ4v) is 3.78. The largest absolute Gasteiger partial charge is 0.481 e. The average Bonchev–Trinajstić information content (AvgIpc) is 2.72. The molecule has 1 rings (SSSR count). The summed E-state index contributed by atoms with van der Waals surface area (Å²) in [6, 6.07) is 2.06. The molecule has 0 bridgehead atoms. The van der Waals surface area contributed by atoms with Crippen LogP contribution in [0.25, 0.3) is 0 Å². The van der Waals surface area contributed by atoms with Gasteiger partial charge in [0.2, 0.25) is 10.0 Å². The standard InChI is InChI=1S/C12H20N2O4S/c1-11(2,8-13)5-7-19(17,18)14-6-4-12(3,9-14)10(15)16/h4-7,9H2,1-3H3,(H,15,16). The summed E-state index contributed by atoms with van der Waals surface area (Å²) in [6.07, 6.45) is 0.565. The molecular weight excluding hydrogens is 268 g/mol. The first-order valence-corrected chi connectivity index (χ1v) is 7.76. The molecule has 0 radical (unpaired) electrons. The molecule has 0 aromatic rings. The predicted molar refractivity (Wildman–Crippen MR) is 69.7 cm³/mol. The first kappa shape index (κ1) is 15.9. The Morgan fingerprint density at radius 1 is 1.53 bits per heavy atom. The lowest BCUT2D eigenvalue weighted by atomic mass is 9.90. The lowest BCUT2D eigenvalue weighted by Crippen LogP contribution is -2.36. The van der Waals surface area contributed by atoms with Crippen molar-refractivity contribution in [1.29, 1.82) is 5.26 Å². The second-order valence-corrected chi connectivity index (χ2v) is 8.10. The van der Waals surface area contributed by atoms with Gasteiger partial charge in [0.15, 0.2) is 0 Å². The number of nitriles is 1. The summed E-state index contributed by atoms with van der Waals surface area (Å²) >= 11 is 0. The number of sulfonamides is 1. The maximum Gasteiger partial charge on any atom is 0.310 e. The number of hydrogen-bond donors (Lipinski definition) is 1. The molecule has 1 aliphatic heterocycles. The minimum atomic E-state index is -3.49. The normalized spacial score (nSPS) is 25.2. The van der Waals surface area contributed by atoms with Crippen molar-refractivity contribution in [2.24, 2.45) is 10.8 Å². The zero-order chi connectivity index (χ0) is 14.9. The molecule has 0 spiro atoms. The molecule has 0 aromatic carbocycles. The van der Waals surface area contributed by atoms with Gasteiger partial charge in [0.1, 0.15) is 0 Å². The van der Waals surface area contributed by atoms with E-state index in [1.807, 2.05) is 0 Å². The van der Waals surface area contributed by atoms with Crippen LogP contribution >= 0.6 is 0 Å². The topological polar surface area (TPSA) is 98.5 Å². The van der Waals surface area contributed by atoms with E-state index in [1.54, 1.807) is 20.8 Å². The Morgan fingerprint density at radius 2 is 2.11 bits per heavy atom. The summed E-state index contributed by atoms with van der Waals surface area (Å²) in [5.74, 6) is -1.09. The summed E-state index contributed by atoms with van der Waals surface area (Å²) < 4.78 is 25.5. The number of carboxylic acid groups (broad SMARTS) is 1. The SMILES string of the molecule is CC(C)(C#N)CCS(=O)(=O)N1CCC(C)(C(=O)O)C1. The van der Waals surface area contributed by atoms with Crippen LogP contribution in [-0.4, -0.2) is 42.6 Å². The zero-order valence-corrected chi connectivity index (χ0v) is 12.3. The number of rotatable bonds is 5. The summed E-state index contributed by atoms with van der Waals surface area (Å²) in [4.78, 5) is 11.1. The fraction of sp³-hybridized carbons (Fsp3) is 0.833. The van der Waals surface area contributed by atoms with Gasteiger partial charge < -0.3 is 5.11 Å². The third-order valence-electron chi connectivity index (χ3n) is 3.64. The molecule has 0 aromatic heterocycles. The highest BCUT2D eigenvalue weighted by molar-refractivity contribution is 7.89. The third kappa shape index (κ3) is 3.67. The number of carboxylic acids is 1. The third-order valence-corrected chi connectivity index (χ3v) is 5.45. The van der Waals surface area contributed by atoms with Gasteiger partial charge in [-0.2, -0.15) is 5.26 Å². The molecule has 1 atom stereocenters. The van der Waals surface area contributed by atoms with E-state index in [4.69, 9.17) is 10.4 Å². The predicted octanol–water partition coefficient (Wildman–Crippen LogP) is 1.05. The van der Waals surface area contributed by atoms with Gasteiger partial charge in [-0.3, -0.25) is 4.79 Å². The van der Waals surface area contributed by atoms with Crippen LogP contribution in [0.2, 0.25) is 0 Å². The van der Waals surface area contributed by atoms with Crippen molar-refractivity contribution in [2.45, 2.75) is 33.6 Å². The van der Waals surface area contributed by atoms with Crippen LogP contribution in [0, 0.1) is 22.2 Å². The van der Waals surface area contributed by atoms with Crippen molar-refractivity contribution in [2.75, 3.05) is 18.8 Å². The van der Waals surface area contributed by atoms with Gasteiger partial charge in [-0.1, -0.05) is 0 Å². The fourth-order valence-electron chi connectivity index (χ4n) is 1.90. The lowest BCUT2D eigenvalue weighted by Gasteiger charge is -2.21.